The summed E-state index contributed by atoms with van der Waals surface area (Å²) in [5.74, 6) is 0. The lowest BCUT2D eigenvalue weighted by Gasteiger charge is -2.13. The lowest BCUT2D eigenvalue weighted by molar-refractivity contribution is -0.595. The van der Waals surface area contributed by atoms with Crippen LogP contribution in [0.2, 0.25) is 0 Å². The minimum atomic E-state index is 1.18. The lowest BCUT2D eigenvalue weighted by Crippen LogP contribution is -2.77. The third kappa shape index (κ3) is 2.67. The van der Waals surface area contributed by atoms with Crippen LogP contribution in [0, 0.1) is 7.05 Å². The van der Waals surface area contributed by atoms with Crippen molar-refractivity contribution in [3.8, 4) is 0 Å². The summed E-state index contributed by atoms with van der Waals surface area (Å²) >= 11 is 0. The molecule has 0 aromatic heterocycles. The zero-order valence-electron chi connectivity index (χ0n) is 6.68. The van der Waals surface area contributed by atoms with Crippen molar-refractivity contribution in [3.63, 3.8) is 0 Å². The molecule has 0 saturated carbocycles. The quantitative estimate of drug-likeness (QED) is 0.426. The first kappa shape index (κ1) is 8.02. The highest BCUT2D eigenvalue weighted by atomic mass is 15.1. The normalized spacial score (nSPS) is 20.1. The Morgan fingerprint density at radius 3 is 2.60 bits per heavy atom. The molecule has 60 valence electrons. The molecule has 2 N–H and O–H groups in total. The predicted octanol–water partition coefficient (Wildman–Crippen LogP) is -0.173. The molecule has 0 aromatic carbocycles. The van der Waals surface area contributed by atoms with E-state index in [2.05, 4.69) is 11.9 Å². The maximum Gasteiger partial charge on any atom is 0.0527 e. The van der Waals surface area contributed by atoms with Gasteiger partial charge in [-0.05, 0) is 25.9 Å². The van der Waals surface area contributed by atoms with E-state index in [-0.39, 0.29) is 0 Å². The molecule has 0 aromatic rings. The van der Waals surface area contributed by atoms with Crippen molar-refractivity contribution in [1.82, 2.24) is 4.90 Å². The molecular weight excluding hydrogens is 124 g/mol. The van der Waals surface area contributed by atoms with E-state index in [0.717, 1.165) is 0 Å². The highest BCUT2D eigenvalue weighted by Gasteiger charge is 2.09. The van der Waals surface area contributed by atoms with E-state index in [4.69, 9.17) is 0 Å². The Bertz CT molecular complexity index is 77.3. The SMILES string of the molecule is [CH2-][NH2+]CCCN1CCCC1. The van der Waals surface area contributed by atoms with Gasteiger partial charge in [0.2, 0.25) is 0 Å². The average molecular weight is 142 g/mol. The van der Waals surface area contributed by atoms with Gasteiger partial charge >= 0.3 is 0 Å². The van der Waals surface area contributed by atoms with Gasteiger partial charge in [-0.1, -0.05) is 0 Å². The molecule has 0 spiro atoms. The third-order valence-electron chi connectivity index (χ3n) is 2.08. The number of rotatable bonds is 4. The number of quaternary nitrogens is 1. The van der Waals surface area contributed by atoms with E-state index in [1.165, 1.54) is 45.4 Å². The van der Waals surface area contributed by atoms with E-state index in [0.29, 0.717) is 0 Å². The van der Waals surface area contributed by atoms with Gasteiger partial charge in [0.15, 0.2) is 0 Å². The summed E-state index contributed by atoms with van der Waals surface area (Å²) in [5.41, 5.74) is 0. The molecule has 10 heavy (non-hydrogen) atoms. The van der Waals surface area contributed by atoms with Crippen LogP contribution < -0.4 is 5.32 Å². The van der Waals surface area contributed by atoms with Crippen LogP contribution in [-0.4, -0.2) is 31.1 Å². The molecule has 1 fully saturated rings. The van der Waals surface area contributed by atoms with Crippen LogP contribution in [0.3, 0.4) is 0 Å². The van der Waals surface area contributed by atoms with Gasteiger partial charge in [0.25, 0.3) is 0 Å². The van der Waals surface area contributed by atoms with Crippen LogP contribution >= 0.6 is 0 Å². The van der Waals surface area contributed by atoms with Crippen LogP contribution in [0.1, 0.15) is 19.3 Å². The number of nitrogens with zero attached hydrogens (tertiary/aromatic N) is 1. The van der Waals surface area contributed by atoms with Crippen LogP contribution in [0.5, 0.6) is 0 Å². The molecule has 2 heteroatoms. The summed E-state index contributed by atoms with van der Waals surface area (Å²) in [6, 6.07) is 0. The average Bonchev–Trinajstić information content (AvgIpc) is 2.41. The first-order chi connectivity index (χ1) is 4.93. The fraction of sp³-hybridized carbons (Fsp3) is 0.875. The maximum atomic E-state index is 3.71. The largest absolute Gasteiger partial charge is 0.479 e. The third-order valence-corrected chi connectivity index (χ3v) is 2.08. The fourth-order valence-corrected chi connectivity index (χ4v) is 1.47. The highest BCUT2D eigenvalue weighted by molar-refractivity contribution is 4.64. The molecule has 1 aliphatic heterocycles. The molecule has 1 heterocycles. The molecule has 0 amide bonds. The molecule has 1 rings (SSSR count). The van der Waals surface area contributed by atoms with Crippen molar-refractivity contribution in [2.45, 2.75) is 19.3 Å². The second-order valence-electron chi connectivity index (χ2n) is 2.98. The number of likely N-dealkylation sites (tertiary alicyclic amines) is 1. The zero-order chi connectivity index (χ0) is 7.23. The Morgan fingerprint density at radius 2 is 2.00 bits per heavy atom. The van der Waals surface area contributed by atoms with Crippen molar-refractivity contribution in [2.75, 3.05) is 26.2 Å². The molecule has 0 atom stereocenters. The van der Waals surface area contributed by atoms with E-state index < -0.39 is 0 Å². The van der Waals surface area contributed by atoms with Crippen molar-refractivity contribution in [1.29, 1.82) is 0 Å². The molecule has 0 bridgehead atoms. The number of nitrogens with two attached hydrogens (primary N) is 1. The second kappa shape index (κ2) is 4.69. The van der Waals surface area contributed by atoms with Gasteiger partial charge in [-0.2, -0.15) is 7.05 Å². The zero-order valence-corrected chi connectivity index (χ0v) is 6.68. The number of hydrogen-bond acceptors (Lipinski definition) is 1. The Hall–Kier alpha value is -0.0800. The Kier molecular flexibility index (Phi) is 3.76. The molecule has 0 aliphatic carbocycles. The van der Waals surface area contributed by atoms with Crippen molar-refractivity contribution in [3.05, 3.63) is 7.05 Å². The van der Waals surface area contributed by atoms with E-state index in [9.17, 15) is 0 Å². The predicted molar refractivity (Wildman–Crippen MR) is 42.4 cm³/mol. The van der Waals surface area contributed by atoms with E-state index >= 15 is 0 Å². The molecule has 1 saturated heterocycles. The topological polar surface area (TPSA) is 19.9 Å². The first-order valence-electron chi connectivity index (χ1n) is 4.27. The lowest BCUT2D eigenvalue weighted by atomic mass is 10.4. The molecule has 2 nitrogen and oxygen atoms in total. The summed E-state index contributed by atoms with van der Waals surface area (Å²) in [7, 11) is 3.71. The monoisotopic (exact) mass is 142 g/mol. The first-order valence-corrected chi connectivity index (χ1v) is 4.27. The van der Waals surface area contributed by atoms with Gasteiger partial charge in [0.1, 0.15) is 0 Å². The molecule has 0 radical (unpaired) electrons. The summed E-state index contributed by atoms with van der Waals surface area (Å²) in [5, 5.41) is 2.01. The van der Waals surface area contributed by atoms with Crippen molar-refractivity contribution < 1.29 is 5.32 Å². The highest BCUT2D eigenvalue weighted by Crippen LogP contribution is 2.06. The number of hydrogen-bond donors (Lipinski definition) is 1. The fourth-order valence-electron chi connectivity index (χ4n) is 1.47. The molecular formula is C8H18N2. The van der Waals surface area contributed by atoms with Crippen LogP contribution in [0.25, 0.3) is 0 Å². The second-order valence-corrected chi connectivity index (χ2v) is 2.98. The standard InChI is InChI=1S/C8H18N2/c1-9-5-4-8-10-6-2-3-7-10/h1-9H2. The Labute approximate surface area is 63.6 Å². The van der Waals surface area contributed by atoms with Crippen molar-refractivity contribution in [2.24, 2.45) is 0 Å². The summed E-state index contributed by atoms with van der Waals surface area (Å²) in [4.78, 5) is 2.55. The van der Waals surface area contributed by atoms with Crippen LogP contribution in [0.4, 0.5) is 0 Å². The Balaban J connectivity index is 1.91. The van der Waals surface area contributed by atoms with E-state index in [1.54, 1.807) is 0 Å². The van der Waals surface area contributed by atoms with Crippen molar-refractivity contribution >= 4 is 0 Å². The molecule has 0 unspecified atom stereocenters. The van der Waals surface area contributed by atoms with E-state index in [1.807, 2.05) is 5.32 Å². The van der Waals surface area contributed by atoms with Gasteiger partial charge in [0, 0.05) is 13.0 Å². The van der Waals surface area contributed by atoms with Gasteiger partial charge in [0.05, 0.1) is 6.54 Å². The summed E-state index contributed by atoms with van der Waals surface area (Å²) < 4.78 is 0. The molecule has 1 aliphatic rings. The van der Waals surface area contributed by atoms with Crippen LogP contribution in [-0.2, 0) is 0 Å². The summed E-state index contributed by atoms with van der Waals surface area (Å²) in [6.45, 7) is 5.12. The van der Waals surface area contributed by atoms with Gasteiger partial charge in [-0.15, -0.1) is 0 Å². The Morgan fingerprint density at radius 1 is 1.30 bits per heavy atom. The van der Waals surface area contributed by atoms with Gasteiger partial charge in [-0.25, -0.2) is 0 Å². The van der Waals surface area contributed by atoms with Gasteiger partial charge < -0.3 is 10.2 Å². The smallest absolute Gasteiger partial charge is 0.0527 e. The minimum absolute atomic E-state index is 1.18. The minimum Gasteiger partial charge on any atom is -0.479 e. The van der Waals surface area contributed by atoms with Gasteiger partial charge in [-0.3, -0.25) is 0 Å². The van der Waals surface area contributed by atoms with Crippen LogP contribution in [0.15, 0.2) is 0 Å². The maximum absolute atomic E-state index is 3.71. The summed E-state index contributed by atoms with van der Waals surface area (Å²) in [6.07, 6.45) is 4.12.